The Hall–Kier alpha value is -3.31. The highest BCUT2D eigenvalue weighted by molar-refractivity contribution is 6.30. The second kappa shape index (κ2) is 8.59. The SMILES string of the molecule is C[C@H](Oc1ccccc1)C(=O)N1CC(=O)Nc2ccc(Cl)cc2[C@@H]1c1ccccc1. The fourth-order valence-electron chi connectivity index (χ4n) is 3.66. The van der Waals surface area contributed by atoms with Crippen molar-refractivity contribution in [2.24, 2.45) is 0 Å². The number of carbonyl (C=O) groups is 2. The molecule has 3 aromatic carbocycles. The van der Waals surface area contributed by atoms with Crippen LogP contribution < -0.4 is 10.1 Å². The minimum absolute atomic E-state index is 0.0901. The highest BCUT2D eigenvalue weighted by atomic mass is 35.5. The molecule has 1 aliphatic heterocycles. The molecule has 0 saturated heterocycles. The molecule has 30 heavy (non-hydrogen) atoms. The summed E-state index contributed by atoms with van der Waals surface area (Å²) in [5.41, 5.74) is 2.29. The van der Waals surface area contributed by atoms with Crippen molar-refractivity contribution in [3.8, 4) is 5.75 Å². The molecule has 0 fully saturated rings. The topological polar surface area (TPSA) is 58.6 Å². The highest BCUT2D eigenvalue weighted by Gasteiger charge is 2.36. The predicted octanol–water partition coefficient (Wildman–Crippen LogP) is 4.68. The minimum Gasteiger partial charge on any atom is -0.481 e. The van der Waals surface area contributed by atoms with Crippen molar-refractivity contribution in [2.45, 2.75) is 19.1 Å². The van der Waals surface area contributed by atoms with Crippen molar-refractivity contribution in [3.63, 3.8) is 0 Å². The van der Waals surface area contributed by atoms with Crippen LogP contribution in [-0.2, 0) is 9.59 Å². The molecule has 1 N–H and O–H groups in total. The maximum absolute atomic E-state index is 13.5. The smallest absolute Gasteiger partial charge is 0.264 e. The van der Waals surface area contributed by atoms with Gasteiger partial charge in [-0.3, -0.25) is 9.59 Å². The lowest BCUT2D eigenvalue weighted by Gasteiger charge is -2.32. The lowest BCUT2D eigenvalue weighted by atomic mass is 9.95. The van der Waals surface area contributed by atoms with E-state index >= 15 is 0 Å². The fourth-order valence-corrected chi connectivity index (χ4v) is 3.84. The quantitative estimate of drug-likeness (QED) is 0.666. The third kappa shape index (κ3) is 4.16. The monoisotopic (exact) mass is 420 g/mol. The first kappa shape index (κ1) is 20.0. The number of hydrogen-bond donors (Lipinski definition) is 1. The number of nitrogens with one attached hydrogen (secondary N) is 1. The number of amides is 2. The van der Waals surface area contributed by atoms with Crippen molar-refractivity contribution in [3.05, 3.63) is 95.0 Å². The average molecular weight is 421 g/mol. The third-order valence-electron chi connectivity index (χ3n) is 5.01. The van der Waals surface area contributed by atoms with E-state index in [1.54, 1.807) is 42.2 Å². The van der Waals surface area contributed by atoms with Crippen LogP contribution in [0.3, 0.4) is 0 Å². The zero-order chi connectivity index (χ0) is 21.1. The zero-order valence-electron chi connectivity index (χ0n) is 16.4. The number of hydrogen-bond acceptors (Lipinski definition) is 3. The summed E-state index contributed by atoms with van der Waals surface area (Å²) in [5.74, 6) is 0.0466. The maximum Gasteiger partial charge on any atom is 0.264 e. The van der Waals surface area contributed by atoms with E-state index in [0.29, 0.717) is 16.5 Å². The highest BCUT2D eigenvalue weighted by Crippen LogP contribution is 2.37. The molecular weight excluding hydrogens is 400 g/mol. The average Bonchev–Trinajstić information content (AvgIpc) is 2.90. The molecule has 3 aromatic rings. The molecule has 0 aromatic heterocycles. The van der Waals surface area contributed by atoms with Gasteiger partial charge < -0.3 is 15.0 Å². The van der Waals surface area contributed by atoms with Gasteiger partial charge in [-0.15, -0.1) is 0 Å². The molecule has 0 unspecified atom stereocenters. The third-order valence-corrected chi connectivity index (χ3v) is 5.25. The van der Waals surface area contributed by atoms with Gasteiger partial charge in [0.05, 0.1) is 6.04 Å². The molecule has 2 atom stereocenters. The fraction of sp³-hybridized carbons (Fsp3) is 0.167. The van der Waals surface area contributed by atoms with Gasteiger partial charge in [0.2, 0.25) is 5.91 Å². The van der Waals surface area contributed by atoms with Crippen molar-refractivity contribution < 1.29 is 14.3 Å². The number of halogens is 1. The van der Waals surface area contributed by atoms with E-state index in [1.807, 2.05) is 48.5 Å². The van der Waals surface area contributed by atoms with Crippen LogP contribution in [0.2, 0.25) is 5.02 Å². The number of benzene rings is 3. The van der Waals surface area contributed by atoms with Crippen LogP contribution in [0, 0.1) is 0 Å². The van der Waals surface area contributed by atoms with E-state index < -0.39 is 12.1 Å². The van der Waals surface area contributed by atoms with E-state index in [4.69, 9.17) is 16.3 Å². The van der Waals surface area contributed by atoms with Gasteiger partial charge in [0, 0.05) is 16.3 Å². The van der Waals surface area contributed by atoms with E-state index in [-0.39, 0.29) is 18.4 Å². The summed E-state index contributed by atoms with van der Waals surface area (Å²) < 4.78 is 5.85. The summed E-state index contributed by atoms with van der Waals surface area (Å²) in [6.45, 7) is 1.60. The Labute approximate surface area is 180 Å². The Kier molecular flexibility index (Phi) is 5.72. The number of fused-ring (bicyclic) bond motifs is 1. The van der Waals surface area contributed by atoms with Gasteiger partial charge in [0.1, 0.15) is 12.3 Å². The van der Waals surface area contributed by atoms with Crippen LogP contribution in [0.5, 0.6) is 5.75 Å². The number of carbonyl (C=O) groups excluding carboxylic acids is 2. The van der Waals surface area contributed by atoms with Gasteiger partial charge in [-0.05, 0) is 42.8 Å². The van der Waals surface area contributed by atoms with Gasteiger partial charge in [-0.2, -0.15) is 0 Å². The summed E-state index contributed by atoms with van der Waals surface area (Å²) in [6, 6.07) is 23.6. The molecule has 5 nitrogen and oxygen atoms in total. The lowest BCUT2D eigenvalue weighted by molar-refractivity contribution is -0.142. The number of ether oxygens (including phenoxy) is 1. The summed E-state index contributed by atoms with van der Waals surface area (Å²) in [6.07, 6.45) is -0.771. The Morgan fingerprint density at radius 1 is 1.07 bits per heavy atom. The van der Waals surface area contributed by atoms with Crippen LogP contribution in [0.25, 0.3) is 0 Å². The van der Waals surface area contributed by atoms with Gasteiger partial charge in [0.15, 0.2) is 6.10 Å². The molecule has 2 amide bonds. The van der Waals surface area contributed by atoms with E-state index in [9.17, 15) is 9.59 Å². The van der Waals surface area contributed by atoms with Gasteiger partial charge in [-0.25, -0.2) is 0 Å². The first-order chi connectivity index (χ1) is 14.5. The Bertz CT molecular complexity index is 1060. The second-order valence-electron chi connectivity index (χ2n) is 7.13. The number of para-hydroxylation sites is 1. The van der Waals surface area contributed by atoms with Gasteiger partial charge in [-0.1, -0.05) is 60.1 Å². The largest absolute Gasteiger partial charge is 0.481 e. The predicted molar refractivity (Wildman–Crippen MR) is 117 cm³/mol. The Morgan fingerprint density at radius 2 is 1.73 bits per heavy atom. The summed E-state index contributed by atoms with van der Waals surface area (Å²) in [4.78, 5) is 27.6. The zero-order valence-corrected chi connectivity index (χ0v) is 17.2. The van der Waals surface area contributed by atoms with Crippen LogP contribution in [0.4, 0.5) is 5.69 Å². The number of anilines is 1. The molecule has 6 heteroatoms. The number of nitrogens with zero attached hydrogens (tertiary/aromatic N) is 1. The van der Waals surface area contributed by atoms with Crippen molar-refractivity contribution in [1.29, 1.82) is 0 Å². The van der Waals surface area contributed by atoms with Crippen LogP contribution >= 0.6 is 11.6 Å². The molecule has 4 rings (SSSR count). The molecule has 0 aliphatic carbocycles. The molecule has 0 bridgehead atoms. The lowest BCUT2D eigenvalue weighted by Crippen LogP contribution is -2.45. The summed E-state index contributed by atoms with van der Waals surface area (Å²) in [7, 11) is 0. The second-order valence-corrected chi connectivity index (χ2v) is 7.57. The Morgan fingerprint density at radius 3 is 2.43 bits per heavy atom. The van der Waals surface area contributed by atoms with E-state index in [0.717, 1.165) is 11.1 Å². The van der Waals surface area contributed by atoms with Crippen molar-refractivity contribution >= 4 is 29.1 Å². The maximum atomic E-state index is 13.5. The van der Waals surface area contributed by atoms with Gasteiger partial charge >= 0.3 is 0 Å². The molecular formula is C24H21ClN2O3. The summed E-state index contributed by atoms with van der Waals surface area (Å²) >= 11 is 6.28. The van der Waals surface area contributed by atoms with Crippen LogP contribution in [-0.4, -0.2) is 29.4 Å². The first-order valence-electron chi connectivity index (χ1n) is 9.69. The molecule has 1 aliphatic rings. The number of rotatable bonds is 4. The Balaban J connectivity index is 1.75. The first-order valence-corrected chi connectivity index (χ1v) is 10.1. The van der Waals surface area contributed by atoms with Crippen molar-refractivity contribution in [2.75, 3.05) is 11.9 Å². The molecule has 1 heterocycles. The van der Waals surface area contributed by atoms with Crippen molar-refractivity contribution in [1.82, 2.24) is 4.90 Å². The van der Waals surface area contributed by atoms with Crippen LogP contribution in [0.15, 0.2) is 78.9 Å². The van der Waals surface area contributed by atoms with Crippen LogP contribution in [0.1, 0.15) is 24.1 Å². The van der Waals surface area contributed by atoms with E-state index in [1.165, 1.54) is 0 Å². The molecule has 0 spiro atoms. The van der Waals surface area contributed by atoms with E-state index in [2.05, 4.69) is 5.32 Å². The summed E-state index contributed by atoms with van der Waals surface area (Å²) in [5, 5.41) is 3.42. The normalized spacial score (nSPS) is 16.8. The molecule has 0 radical (unpaired) electrons. The van der Waals surface area contributed by atoms with Gasteiger partial charge in [0.25, 0.3) is 5.91 Å². The standard InChI is InChI=1S/C24H21ClN2O3/c1-16(30-19-10-6-3-7-11-19)24(29)27-15-22(28)26-21-13-12-18(25)14-20(21)23(27)17-8-4-2-5-9-17/h2-14,16,23H,15H2,1H3,(H,26,28)/t16-,23-/m0/s1. The molecule has 152 valence electrons. The molecule has 0 saturated carbocycles. The minimum atomic E-state index is -0.771.